The first-order chi connectivity index (χ1) is 5.84. The van der Waals surface area contributed by atoms with Gasteiger partial charge in [0.1, 0.15) is 0 Å². The number of hydrogen-bond donors (Lipinski definition) is 0. The molecule has 0 fully saturated rings. The second-order valence-electron chi connectivity index (χ2n) is 3.30. The molecule has 2 heteroatoms. The van der Waals surface area contributed by atoms with Gasteiger partial charge in [0.15, 0.2) is 0 Å². The standard InChI is InChI=1S/C10H17BrO/c1-12-10-8-6-4-2-3-5-7-9(10)11/h7,10H,2-6,8H2,1H3. The van der Waals surface area contributed by atoms with Crippen molar-refractivity contribution in [1.82, 2.24) is 0 Å². The van der Waals surface area contributed by atoms with Crippen LogP contribution >= 0.6 is 15.9 Å². The lowest BCUT2D eigenvalue weighted by Crippen LogP contribution is -2.09. The van der Waals surface area contributed by atoms with Gasteiger partial charge < -0.3 is 4.74 Å². The molecule has 70 valence electrons. The molecule has 0 heterocycles. The third-order valence-electron chi connectivity index (χ3n) is 2.35. The van der Waals surface area contributed by atoms with Gasteiger partial charge in [0.05, 0.1) is 6.10 Å². The fourth-order valence-corrected chi connectivity index (χ4v) is 2.21. The Balaban J connectivity index is 2.49. The third kappa shape index (κ3) is 3.28. The van der Waals surface area contributed by atoms with Gasteiger partial charge in [-0.2, -0.15) is 0 Å². The summed E-state index contributed by atoms with van der Waals surface area (Å²) in [5.74, 6) is 0. The lowest BCUT2D eigenvalue weighted by molar-refractivity contribution is 0.129. The van der Waals surface area contributed by atoms with Crippen LogP contribution in [0, 0.1) is 0 Å². The molecular weight excluding hydrogens is 216 g/mol. The first kappa shape index (κ1) is 10.3. The van der Waals surface area contributed by atoms with E-state index in [0.29, 0.717) is 6.10 Å². The zero-order valence-corrected chi connectivity index (χ0v) is 9.27. The molecule has 0 bridgehead atoms. The van der Waals surface area contributed by atoms with Gasteiger partial charge in [-0.15, -0.1) is 0 Å². The van der Waals surface area contributed by atoms with Gasteiger partial charge in [0.2, 0.25) is 0 Å². The molecule has 1 atom stereocenters. The monoisotopic (exact) mass is 232 g/mol. The van der Waals surface area contributed by atoms with Crippen LogP contribution in [0.25, 0.3) is 0 Å². The molecule has 0 aromatic rings. The molecule has 0 N–H and O–H groups in total. The Labute approximate surface area is 83.3 Å². The zero-order valence-electron chi connectivity index (χ0n) is 7.68. The summed E-state index contributed by atoms with van der Waals surface area (Å²) in [6, 6.07) is 0. The fourth-order valence-electron chi connectivity index (χ4n) is 1.57. The van der Waals surface area contributed by atoms with Crippen molar-refractivity contribution < 1.29 is 4.74 Å². The van der Waals surface area contributed by atoms with E-state index in [4.69, 9.17) is 4.74 Å². The van der Waals surface area contributed by atoms with Crippen molar-refractivity contribution in [2.24, 2.45) is 0 Å². The number of ether oxygens (including phenoxy) is 1. The second kappa shape index (κ2) is 5.76. The molecule has 1 unspecified atom stereocenters. The van der Waals surface area contributed by atoms with Gasteiger partial charge in [0, 0.05) is 11.6 Å². The highest BCUT2D eigenvalue weighted by Crippen LogP contribution is 2.23. The summed E-state index contributed by atoms with van der Waals surface area (Å²) in [5.41, 5.74) is 0. The van der Waals surface area contributed by atoms with E-state index in [0.717, 1.165) is 6.42 Å². The Kier molecular flexibility index (Phi) is 4.93. The summed E-state index contributed by atoms with van der Waals surface area (Å²) in [6.45, 7) is 0. The molecule has 0 saturated carbocycles. The lowest BCUT2D eigenvalue weighted by Gasteiger charge is -2.13. The first-order valence-electron chi connectivity index (χ1n) is 4.73. The van der Waals surface area contributed by atoms with E-state index in [1.165, 1.54) is 36.6 Å². The van der Waals surface area contributed by atoms with Gasteiger partial charge in [-0.3, -0.25) is 0 Å². The van der Waals surface area contributed by atoms with E-state index < -0.39 is 0 Å². The molecule has 1 aliphatic carbocycles. The zero-order chi connectivity index (χ0) is 8.81. The van der Waals surface area contributed by atoms with E-state index in [1.807, 2.05) is 0 Å². The van der Waals surface area contributed by atoms with Crippen LogP contribution in [0.5, 0.6) is 0 Å². The minimum absolute atomic E-state index is 0.308. The van der Waals surface area contributed by atoms with Gasteiger partial charge in [-0.05, 0) is 19.3 Å². The molecule has 0 amide bonds. The average Bonchev–Trinajstić information content (AvgIpc) is 2.17. The highest BCUT2D eigenvalue weighted by molar-refractivity contribution is 9.11. The summed E-state index contributed by atoms with van der Waals surface area (Å²) in [6.07, 6.45) is 10.3. The Hall–Kier alpha value is 0.180. The normalized spacial score (nSPS) is 26.8. The molecule has 0 aromatic heterocycles. The molecule has 1 aliphatic rings. The Morgan fingerprint density at radius 3 is 2.83 bits per heavy atom. The van der Waals surface area contributed by atoms with E-state index in [2.05, 4.69) is 22.0 Å². The minimum atomic E-state index is 0.308. The average molecular weight is 233 g/mol. The molecule has 0 aliphatic heterocycles. The van der Waals surface area contributed by atoms with Gasteiger partial charge >= 0.3 is 0 Å². The van der Waals surface area contributed by atoms with Crippen LogP contribution in [0.4, 0.5) is 0 Å². The second-order valence-corrected chi connectivity index (χ2v) is 4.22. The summed E-state index contributed by atoms with van der Waals surface area (Å²) in [4.78, 5) is 0. The summed E-state index contributed by atoms with van der Waals surface area (Å²) in [7, 11) is 1.79. The van der Waals surface area contributed by atoms with Gasteiger partial charge in [-0.25, -0.2) is 0 Å². The van der Waals surface area contributed by atoms with E-state index in [9.17, 15) is 0 Å². The van der Waals surface area contributed by atoms with Crippen LogP contribution in [0.2, 0.25) is 0 Å². The number of rotatable bonds is 1. The number of allylic oxidation sites excluding steroid dienone is 1. The highest BCUT2D eigenvalue weighted by atomic mass is 79.9. The molecule has 12 heavy (non-hydrogen) atoms. The van der Waals surface area contributed by atoms with Crippen LogP contribution in [0.15, 0.2) is 10.6 Å². The molecule has 1 rings (SSSR count). The highest BCUT2D eigenvalue weighted by Gasteiger charge is 2.11. The van der Waals surface area contributed by atoms with Crippen molar-refractivity contribution in [3.05, 3.63) is 10.6 Å². The van der Waals surface area contributed by atoms with Crippen LogP contribution in [-0.2, 0) is 4.74 Å². The summed E-state index contributed by atoms with van der Waals surface area (Å²) < 4.78 is 6.62. The van der Waals surface area contributed by atoms with Crippen molar-refractivity contribution in [1.29, 1.82) is 0 Å². The van der Waals surface area contributed by atoms with E-state index >= 15 is 0 Å². The lowest BCUT2D eigenvalue weighted by atomic mass is 10.1. The maximum absolute atomic E-state index is 5.38. The van der Waals surface area contributed by atoms with E-state index in [-0.39, 0.29) is 0 Å². The Morgan fingerprint density at radius 2 is 2.08 bits per heavy atom. The molecule has 1 nitrogen and oxygen atoms in total. The molecule has 0 radical (unpaired) electrons. The van der Waals surface area contributed by atoms with Crippen molar-refractivity contribution in [2.75, 3.05) is 7.11 Å². The van der Waals surface area contributed by atoms with Crippen LogP contribution in [0.1, 0.15) is 38.5 Å². The van der Waals surface area contributed by atoms with Crippen molar-refractivity contribution >= 4 is 15.9 Å². The maximum atomic E-state index is 5.38. The smallest absolute Gasteiger partial charge is 0.0882 e. The van der Waals surface area contributed by atoms with Crippen LogP contribution < -0.4 is 0 Å². The van der Waals surface area contributed by atoms with Gasteiger partial charge in [0.25, 0.3) is 0 Å². The summed E-state index contributed by atoms with van der Waals surface area (Å²) >= 11 is 3.57. The molecule has 0 aromatic carbocycles. The first-order valence-corrected chi connectivity index (χ1v) is 5.52. The molecular formula is C10H17BrO. The van der Waals surface area contributed by atoms with Crippen molar-refractivity contribution in [2.45, 2.75) is 44.6 Å². The number of halogens is 1. The Morgan fingerprint density at radius 1 is 1.33 bits per heavy atom. The summed E-state index contributed by atoms with van der Waals surface area (Å²) in [5, 5.41) is 0. The van der Waals surface area contributed by atoms with E-state index in [1.54, 1.807) is 7.11 Å². The van der Waals surface area contributed by atoms with Gasteiger partial charge in [-0.1, -0.05) is 41.3 Å². The third-order valence-corrected chi connectivity index (χ3v) is 3.19. The molecule has 0 spiro atoms. The number of methoxy groups -OCH3 is 1. The van der Waals surface area contributed by atoms with Crippen LogP contribution in [-0.4, -0.2) is 13.2 Å². The predicted molar refractivity (Wildman–Crippen MR) is 55.5 cm³/mol. The van der Waals surface area contributed by atoms with Crippen molar-refractivity contribution in [3.63, 3.8) is 0 Å². The molecule has 0 saturated heterocycles. The SMILES string of the molecule is COC1CCCCCCC=C1Br. The maximum Gasteiger partial charge on any atom is 0.0882 e. The fraction of sp³-hybridized carbons (Fsp3) is 0.800. The minimum Gasteiger partial charge on any atom is -0.376 e. The largest absolute Gasteiger partial charge is 0.376 e. The Bertz CT molecular complexity index is 154. The predicted octanol–water partition coefficient (Wildman–Crippen LogP) is 3.63. The van der Waals surface area contributed by atoms with Crippen molar-refractivity contribution in [3.8, 4) is 0 Å². The quantitative estimate of drug-likeness (QED) is 0.671. The van der Waals surface area contributed by atoms with Crippen LogP contribution in [0.3, 0.4) is 0 Å². The number of hydrogen-bond acceptors (Lipinski definition) is 1. The topological polar surface area (TPSA) is 9.23 Å².